The Kier molecular flexibility index (Phi) is 7.19. The van der Waals surface area contributed by atoms with Crippen LogP contribution in [0.2, 0.25) is 0 Å². The number of hydrogen-bond acceptors (Lipinski definition) is 13. The molecule has 166 valence electrons. The Morgan fingerprint density at radius 2 is 1.38 bits per heavy atom. The summed E-state index contributed by atoms with van der Waals surface area (Å²) in [7, 11) is 0. The Morgan fingerprint density at radius 1 is 0.793 bits per heavy atom. The Labute approximate surface area is 164 Å². The van der Waals surface area contributed by atoms with Gasteiger partial charge in [0.15, 0.2) is 12.1 Å². The maximum absolute atomic E-state index is 10.1. The number of rotatable bonds is 6. The minimum Gasteiger partial charge on any atom is -0.394 e. The van der Waals surface area contributed by atoms with Crippen molar-refractivity contribution in [1.82, 2.24) is 5.16 Å². The Morgan fingerprint density at radius 3 is 2.00 bits per heavy atom. The van der Waals surface area contributed by atoms with Crippen molar-refractivity contribution in [3.05, 3.63) is 17.5 Å². The van der Waals surface area contributed by atoms with Crippen molar-refractivity contribution in [2.24, 2.45) is 0 Å². The first kappa shape index (κ1) is 22.5. The van der Waals surface area contributed by atoms with Gasteiger partial charge < -0.3 is 59.6 Å². The van der Waals surface area contributed by atoms with E-state index >= 15 is 0 Å². The lowest BCUT2D eigenvalue weighted by Crippen LogP contribution is -2.59. The van der Waals surface area contributed by atoms with Gasteiger partial charge in [0.05, 0.1) is 13.2 Å². The number of aromatic nitrogens is 1. The lowest BCUT2D eigenvalue weighted by molar-refractivity contribution is -0.305. The highest BCUT2D eigenvalue weighted by Gasteiger charge is 2.46. The molecule has 2 fully saturated rings. The van der Waals surface area contributed by atoms with Crippen LogP contribution in [0.15, 0.2) is 10.6 Å². The van der Waals surface area contributed by atoms with E-state index in [1.54, 1.807) is 0 Å². The summed E-state index contributed by atoms with van der Waals surface area (Å²) in [6, 6.07) is 1.33. The number of aliphatic hydroxyl groups is 8. The van der Waals surface area contributed by atoms with Crippen molar-refractivity contribution >= 4 is 0 Å². The predicted molar refractivity (Wildman–Crippen MR) is 87.8 cm³/mol. The number of hydrogen-bond donors (Lipinski definition) is 8. The van der Waals surface area contributed by atoms with Gasteiger partial charge >= 0.3 is 0 Å². The maximum atomic E-state index is 10.1. The predicted octanol–water partition coefficient (Wildman–Crippen LogP) is -4.49. The van der Waals surface area contributed by atoms with Crippen molar-refractivity contribution in [1.29, 1.82) is 0 Å². The molecular formula is C16H25NO12. The molecule has 10 atom stereocenters. The molecule has 0 spiro atoms. The molecule has 29 heavy (non-hydrogen) atoms. The van der Waals surface area contributed by atoms with Crippen LogP contribution in [0.5, 0.6) is 0 Å². The third kappa shape index (κ3) is 4.45. The van der Waals surface area contributed by atoms with E-state index in [-0.39, 0.29) is 18.1 Å². The van der Waals surface area contributed by atoms with Crippen molar-refractivity contribution < 1.29 is 59.6 Å². The molecule has 1 aromatic heterocycles. The highest BCUT2D eigenvalue weighted by Crippen LogP contribution is 2.32. The van der Waals surface area contributed by atoms with E-state index in [1.165, 1.54) is 6.07 Å². The molecule has 2 aliphatic rings. The van der Waals surface area contributed by atoms with Gasteiger partial charge in [-0.3, -0.25) is 0 Å². The van der Waals surface area contributed by atoms with Gasteiger partial charge in [0.1, 0.15) is 67.2 Å². The van der Waals surface area contributed by atoms with E-state index in [0.717, 1.165) is 0 Å². The zero-order valence-corrected chi connectivity index (χ0v) is 15.1. The number of ether oxygens (including phenoxy) is 3. The molecule has 0 unspecified atom stereocenters. The maximum Gasteiger partial charge on any atom is 0.187 e. The fourth-order valence-corrected chi connectivity index (χ4v) is 3.25. The zero-order valence-electron chi connectivity index (χ0n) is 15.1. The molecule has 1 aromatic rings. The summed E-state index contributed by atoms with van der Waals surface area (Å²) in [6.07, 6.45) is -14.1. The standard InChI is InChI=1S/C16H25NO12/c18-2-7-9(20)11(22)13(24)15(27-7)6-1-5(29-17-6)4-26-16-14(25)12(23)10(21)8(3-19)28-16/h1,7-16,18-25H,2-4H2/t7-,8-,9-,10-,11+,12+,13+,14+,15+,16+/m1/s1. The molecule has 8 N–H and O–H groups in total. The Bertz CT molecular complexity index is 654. The van der Waals surface area contributed by atoms with Gasteiger partial charge in [-0.05, 0) is 0 Å². The third-order valence-electron chi connectivity index (χ3n) is 5.00. The van der Waals surface area contributed by atoms with Crippen LogP contribution in [0.25, 0.3) is 0 Å². The largest absolute Gasteiger partial charge is 0.394 e. The molecule has 2 saturated heterocycles. The van der Waals surface area contributed by atoms with Gasteiger partial charge in [0, 0.05) is 6.07 Å². The molecule has 0 radical (unpaired) electrons. The van der Waals surface area contributed by atoms with Crippen molar-refractivity contribution in [2.45, 2.75) is 67.8 Å². The molecular weight excluding hydrogens is 398 g/mol. The van der Waals surface area contributed by atoms with E-state index in [9.17, 15) is 35.7 Å². The summed E-state index contributed by atoms with van der Waals surface area (Å²) in [5.74, 6) is 0.105. The van der Waals surface area contributed by atoms with Crippen molar-refractivity contribution in [3.63, 3.8) is 0 Å². The number of nitrogens with zero attached hydrogens (tertiary/aromatic N) is 1. The molecule has 0 bridgehead atoms. The average molecular weight is 423 g/mol. The first-order chi connectivity index (χ1) is 13.8. The van der Waals surface area contributed by atoms with E-state index in [4.69, 9.17) is 23.8 Å². The summed E-state index contributed by atoms with van der Waals surface area (Å²) in [6.45, 7) is -1.49. The summed E-state index contributed by atoms with van der Waals surface area (Å²) in [5, 5.41) is 81.3. The Balaban J connectivity index is 1.63. The quantitative estimate of drug-likeness (QED) is 0.217. The molecule has 3 heterocycles. The SMILES string of the molecule is OC[C@H]1O[C@H](OCc2cc([C@@H]3O[C@H](CO)[C@@H](O)[C@H](O)[C@@H]3O)no2)[C@@H](O)[C@@H](O)[C@@H]1O. The summed E-state index contributed by atoms with van der Waals surface area (Å²) in [4.78, 5) is 0. The first-order valence-electron chi connectivity index (χ1n) is 8.96. The van der Waals surface area contributed by atoms with Gasteiger partial charge in [-0.15, -0.1) is 0 Å². The van der Waals surface area contributed by atoms with Gasteiger partial charge in [0.25, 0.3) is 0 Å². The number of aliphatic hydroxyl groups excluding tert-OH is 8. The van der Waals surface area contributed by atoms with Crippen LogP contribution in [0.3, 0.4) is 0 Å². The molecule has 2 aliphatic heterocycles. The fourth-order valence-electron chi connectivity index (χ4n) is 3.25. The van der Waals surface area contributed by atoms with Gasteiger partial charge in [-0.2, -0.15) is 0 Å². The second-order valence-electron chi connectivity index (χ2n) is 6.98. The summed E-state index contributed by atoms with van der Waals surface area (Å²) in [5.41, 5.74) is 0.0642. The molecule has 3 rings (SSSR count). The lowest BCUT2D eigenvalue weighted by atomic mass is 9.93. The van der Waals surface area contributed by atoms with E-state index < -0.39 is 74.4 Å². The van der Waals surface area contributed by atoms with E-state index in [1.807, 2.05) is 0 Å². The van der Waals surface area contributed by atoms with Crippen LogP contribution < -0.4 is 0 Å². The average Bonchev–Trinajstić information content (AvgIpc) is 3.19. The van der Waals surface area contributed by atoms with Crippen LogP contribution in [-0.4, -0.2) is 114 Å². The van der Waals surface area contributed by atoms with Crippen molar-refractivity contribution in [3.8, 4) is 0 Å². The zero-order chi connectivity index (χ0) is 21.3. The smallest absolute Gasteiger partial charge is 0.187 e. The van der Waals surface area contributed by atoms with Crippen molar-refractivity contribution in [2.75, 3.05) is 13.2 Å². The molecule has 13 nitrogen and oxygen atoms in total. The van der Waals surface area contributed by atoms with E-state index in [0.29, 0.717) is 0 Å². The Hall–Kier alpha value is -1.23. The molecule has 0 amide bonds. The van der Waals surface area contributed by atoms with Gasteiger partial charge in [-0.25, -0.2) is 0 Å². The monoisotopic (exact) mass is 423 g/mol. The van der Waals surface area contributed by atoms with Crippen LogP contribution in [0, 0.1) is 0 Å². The van der Waals surface area contributed by atoms with Crippen LogP contribution >= 0.6 is 0 Å². The molecule has 0 saturated carbocycles. The van der Waals surface area contributed by atoms with Gasteiger partial charge in [0.2, 0.25) is 0 Å². The molecule has 13 heteroatoms. The third-order valence-corrected chi connectivity index (χ3v) is 5.00. The van der Waals surface area contributed by atoms with E-state index in [2.05, 4.69) is 5.16 Å². The normalized spacial score (nSPS) is 43.4. The summed E-state index contributed by atoms with van der Waals surface area (Å²) < 4.78 is 20.9. The molecule has 0 aromatic carbocycles. The van der Waals surface area contributed by atoms with Crippen LogP contribution in [0.4, 0.5) is 0 Å². The lowest BCUT2D eigenvalue weighted by Gasteiger charge is -2.39. The molecule has 0 aliphatic carbocycles. The minimum atomic E-state index is -1.59. The highest BCUT2D eigenvalue weighted by molar-refractivity contribution is 5.12. The summed E-state index contributed by atoms with van der Waals surface area (Å²) >= 11 is 0. The fraction of sp³-hybridized carbons (Fsp3) is 0.812. The van der Waals surface area contributed by atoms with Gasteiger partial charge in [-0.1, -0.05) is 5.16 Å². The minimum absolute atomic E-state index is 0.0642. The second kappa shape index (κ2) is 9.28. The first-order valence-corrected chi connectivity index (χ1v) is 8.96. The highest BCUT2D eigenvalue weighted by atomic mass is 16.7. The van der Waals surface area contributed by atoms with Crippen LogP contribution in [0.1, 0.15) is 17.6 Å². The van der Waals surface area contributed by atoms with Crippen LogP contribution in [-0.2, 0) is 20.8 Å². The second-order valence-corrected chi connectivity index (χ2v) is 6.98. The topological polar surface area (TPSA) is 216 Å².